The van der Waals surface area contributed by atoms with Crippen LogP contribution in [0.1, 0.15) is 101 Å². The summed E-state index contributed by atoms with van der Waals surface area (Å²) in [6, 6.07) is 9.02. The van der Waals surface area contributed by atoms with Crippen molar-refractivity contribution in [2.75, 3.05) is 32.7 Å². The first-order valence-electron chi connectivity index (χ1n) is 16.6. The van der Waals surface area contributed by atoms with Gasteiger partial charge in [-0.3, -0.25) is 19.2 Å². The number of benzene rings is 1. The van der Waals surface area contributed by atoms with E-state index >= 15 is 0 Å². The second-order valence-electron chi connectivity index (χ2n) is 12.7. The van der Waals surface area contributed by atoms with Gasteiger partial charge in [0.05, 0.1) is 18.0 Å². The smallest absolute Gasteiger partial charge is 0.271 e. The fraction of sp³-hybridized carbons (Fsp3) is 0.529. The molecule has 4 amide bonds. The quantitative estimate of drug-likeness (QED) is 0.300. The number of hydrogen-bond donors (Lipinski definition) is 4. The number of aromatic nitrogens is 2. The van der Waals surface area contributed by atoms with Crippen molar-refractivity contribution in [1.29, 1.82) is 0 Å². The first-order valence-corrected chi connectivity index (χ1v) is 18.4. The Hall–Kier alpha value is -3.39. The zero-order chi connectivity index (χ0) is 33.2. The summed E-state index contributed by atoms with van der Waals surface area (Å²) in [4.78, 5) is 64.4. The Labute approximate surface area is 296 Å². The Kier molecular flexibility index (Phi) is 14.3. The molecule has 0 unspecified atom stereocenters. The lowest BCUT2D eigenvalue weighted by atomic mass is 9.98. The van der Waals surface area contributed by atoms with E-state index in [0.29, 0.717) is 73.5 Å². The number of hydrogen-bond acceptors (Lipinski definition) is 9. The molecule has 4 bridgehead atoms. The van der Waals surface area contributed by atoms with Gasteiger partial charge >= 0.3 is 0 Å². The zero-order valence-electron chi connectivity index (χ0n) is 27.5. The Morgan fingerprint density at radius 1 is 0.896 bits per heavy atom. The van der Waals surface area contributed by atoms with Crippen LogP contribution in [0.4, 0.5) is 0 Å². The van der Waals surface area contributed by atoms with E-state index in [4.69, 9.17) is 0 Å². The zero-order valence-corrected chi connectivity index (χ0v) is 30.0. The van der Waals surface area contributed by atoms with E-state index in [2.05, 4.69) is 45.1 Å². The molecule has 260 valence electrons. The number of nitrogens with one attached hydrogen (secondary N) is 4. The van der Waals surface area contributed by atoms with Crippen LogP contribution in [-0.4, -0.2) is 71.2 Å². The van der Waals surface area contributed by atoms with Gasteiger partial charge in [-0.05, 0) is 56.6 Å². The first-order chi connectivity index (χ1) is 22.8. The summed E-state index contributed by atoms with van der Waals surface area (Å²) in [5.41, 5.74) is 1.59. The van der Waals surface area contributed by atoms with E-state index in [1.165, 1.54) is 22.7 Å². The highest BCUT2D eigenvalue weighted by atomic mass is 35.5. The summed E-state index contributed by atoms with van der Waals surface area (Å²) >= 11 is 2.69. The number of rotatable bonds is 5. The van der Waals surface area contributed by atoms with Crippen molar-refractivity contribution in [2.45, 2.75) is 70.9 Å². The Morgan fingerprint density at radius 2 is 1.58 bits per heavy atom. The number of carbonyl (C=O) groups excluding carboxylic acids is 4. The van der Waals surface area contributed by atoms with Gasteiger partial charge in [-0.25, -0.2) is 9.97 Å². The molecule has 0 radical (unpaired) electrons. The van der Waals surface area contributed by atoms with Crippen LogP contribution in [0, 0.1) is 11.8 Å². The molecular formula is C34H46ClN7O4S2. The molecule has 48 heavy (non-hydrogen) atoms. The summed E-state index contributed by atoms with van der Waals surface area (Å²) in [7, 11) is 0. The molecule has 0 spiro atoms. The van der Waals surface area contributed by atoms with E-state index in [9.17, 15) is 19.2 Å². The molecule has 2 aliphatic rings. The Balaban J connectivity index is 0.00000520. The summed E-state index contributed by atoms with van der Waals surface area (Å²) in [6.07, 6.45) is 4.35. The maximum Gasteiger partial charge on any atom is 0.271 e. The number of carbonyl (C=O) groups is 4. The van der Waals surface area contributed by atoms with E-state index in [1.807, 2.05) is 35.2 Å². The molecule has 1 saturated heterocycles. The molecule has 3 aromatic rings. The number of amides is 4. The van der Waals surface area contributed by atoms with Gasteiger partial charge in [0.1, 0.15) is 21.4 Å². The molecule has 1 aromatic carbocycles. The number of fused-ring (bicyclic) bond motifs is 4. The van der Waals surface area contributed by atoms with Crippen LogP contribution in [-0.2, 0) is 16.0 Å². The maximum atomic E-state index is 13.5. The lowest BCUT2D eigenvalue weighted by Gasteiger charge is -2.30. The Bertz CT molecular complexity index is 1510. The highest BCUT2D eigenvalue weighted by Crippen LogP contribution is 2.27. The van der Waals surface area contributed by atoms with Crippen molar-refractivity contribution in [2.24, 2.45) is 11.8 Å². The average molecular weight is 716 g/mol. The molecular weight excluding hydrogens is 670 g/mol. The number of halogens is 1. The lowest BCUT2D eigenvalue weighted by Crippen LogP contribution is -2.44. The van der Waals surface area contributed by atoms with Crippen LogP contribution in [0.2, 0.25) is 0 Å². The second kappa shape index (κ2) is 18.4. The molecule has 5 rings (SSSR count). The van der Waals surface area contributed by atoms with Gasteiger partial charge in [-0.15, -0.1) is 35.1 Å². The largest absolute Gasteiger partial charge is 0.351 e. The number of nitrogens with zero attached hydrogens (tertiary/aromatic N) is 3. The van der Waals surface area contributed by atoms with E-state index in [-0.39, 0.29) is 60.1 Å². The third-order valence-corrected chi connectivity index (χ3v) is 10.3. The SMILES string of the molecule is CC(C)C[C@@H]1NC(=O)CCCN(C(=O)[C@H]2CCCNC2)CCCNC(=O)c2csc(n2)[C@H](Cc2ccccc2)NC(=O)c2csc1n2.Cl. The Morgan fingerprint density at radius 3 is 2.27 bits per heavy atom. The minimum Gasteiger partial charge on any atom is -0.351 e. The molecule has 4 heterocycles. The second-order valence-corrected chi connectivity index (χ2v) is 14.5. The maximum absolute atomic E-state index is 13.5. The van der Waals surface area contributed by atoms with Crippen LogP contribution in [0.3, 0.4) is 0 Å². The van der Waals surface area contributed by atoms with E-state index in [1.54, 1.807) is 10.8 Å². The topological polar surface area (TPSA) is 145 Å². The van der Waals surface area contributed by atoms with Crippen LogP contribution in [0.25, 0.3) is 0 Å². The van der Waals surface area contributed by atoms with Gasteiger partial charge in [0.2, 0.25) is 11.8 Å². The lowest BCUT2D eigenvalue weighted by molar-refractivity contribution is -0.136. The van der Waals surface area contributed by atoms with Crippen molar-refractivity contribution < 1.29 is 19.2 Å². The van der Waals surface area contributed by atoms with Crippen molar-refractivity contribution >= 4 is 58.7 Å². The fourth-order valence-electron chi connectivity index (χ4n) is 5.99. The molecule has 11 nitrogen and oxygen atoms in total. The predicted octanol–water partition coefficient (Wildman–Crippen LogP) is 4.68. The molecule has 0 aliphatic carbocycles. The molecule has 0 saturated carbocycles. The van der Waals surface area contributed by atoms with Gasteiger partial charge in [-0.2, -0.15) is 0 Å². The number of thiazole rings is 2. The molecule has 2 aliphatic heterocycles. The van der Waals surface area contributed by atoms with Gasteiger partial charge in [0, 0.05) is 43.4 Å². The molecule has 14 heteroatoms. The van der Waals surface area contributed by atoms with Crippen molar-refractivity contribution in [3.8, 4) is 0 Å². The van der Waals surface area contributed by atoms with Crippen molar-refractivity contribution in [3.05, 3.63) is 68.1 Å². The van der Waals surface area contributed by atoms with E-state index < -0.39 is 6.04 Å². The molecule has 4 N–H and O–H groups in total. The summed E-state index contributed by atoms with van der Waals surface area (Å²) in [6.45, 7) is 7.09. The van der Waals surface area contributed by atoms with Crippen molar-refractivity contribution in [1.82, 2.24) is 36.1 Å². The van der Waals surface area contributed by atoms with Gasteiger partial charge in [-0.1, -0.05) is 44.2 Å². The summed E-state index contributed by atoms with van der Waals surface area (Å²) in [5, 5.41) is 17.3. The normalized spacial score (nSPS) is 21.7. The summed E-state index contributed by atoms with van der Waals surface area (Å²) < 4.78 is 0. The third kappa shape index (κ3) is 10.6. The highest BCUT2D eigenvalue weighted by Gasteiger charge is 2.28. The minimum atomic E-state index is -0.476. The van der Waals surface area contributed by atoms with Gasteiger partial charge in [0.25, 0.3) is 11.8 Å². The van der Waals surface area contributed by atoms with Gasteiger partial charge in [0.15, 0.2) is 0 Å². The summed E-state index contributed by atoms with van der Waals surface area (Å²) in [5.74, 6) is -0.434. The van der Waals surface area contributed by atoms with Crippen molar-refractivity contribution in [3.63, 3.8) is 0 Å². The van der Waals surface area contributed by atoms with Crippen LogP contribution < -0.4 is 21.3 Å². The van der Waals surface area contributed by atoms with Crippen LogP contribution >= 0.6 is 35.1 Å². The van der Waals surface area contributed by atoms with Crippen LogP contribution in [0.15, 0.2) is 41.1 Å². The minimum absolute atomic E-state index is 0. The van der Waals surface area contributed by atoms with Crippen LogP contribution in [0.5, 0.6) is 0 Å². The third-order valence-electron chi connectivity index (χ3n) is 8.42. The van der Waals surface area contributed by atoms with E-state index in [0.717, 1.165) is 24.9 Å². The monoisotopic (exact) mass is 715 g/mol. The molecule has 3 atom stereocenters. The number of piperidine rings is 1. The molecule has 1 fully saturated rings. The standard InChI is InChI=1S/C34H45N7O4S2.ClH/c1-22(2)17-25-32-40-28(21-47-32)31(44)38-26(18-23-9-4-3-5-10-23)33-39-27(20-46-33)30(43)36-14-8-16-41(15-7-12-29(42)37-25)34(45)24-11-6-13-35-19-24;/h3-5,9-10,20-22,24-26,35H,6-8,11-19H2,1-2H3,(H,36,43)(H,37,42)(H,38,44);1H/t24-,25-,26-;/m0./s1. The highest BCUT2D eigenvalue weighted by molar-refractivity contribution is 7.10. The molecule has 2 aromatic heterocycles. The fourth-order valence-corrected chi connectivity index (χ4v) is 7.70. The van der Waals surface area contributed by atoms with Gasteiger partial charge < -0.3 is 26.2 Å². The predicted molar refractivity (Wildman–Crippen MR) is 191 cm³/mol. The first kappa shape index (κ1) is 37.4. The average Bonchev–Trinajstić information content (AvgIpc) is 3.77.